The van der Waals surface area contributed by atoms with Crippen LogP contribution in [0.2, 0.25) is 5.02 Å². The molecule has 9 heteroatoms. The summed E-state index contributed by atoms with van der Waals surface area (Å²) in [4.78, 5) is 16.7. The number of para-hydroxylation sites is 2. The molecular formula is C15H13ClN6O2. The molecule has 1 N–H and O–H groups in total. The van der Waals surface area contributed by atoms with E-state index in [1.165, 1.54) is 11.0 Å². The third kappa shape index (κ3) is 3.33. The van der Waals surface area contributed by atoms with E-state index >= 15 is 0 Å². The molecule has 122 valence electrons. The molecule has 0 bridgehead atoms. The quantitative estimate of drug-likeness (QED) is 0.763. The zero-order valence-electron chi connectivity index (χ0n) is 12.7. The van der Waals surface area contributed by atoms with E-state index in [4.69, 9.17) is 16.3 Å². The fraction of sp³-hybridized carbons (Fsp3) is 0.133. The van der Waals surface area contributed by atoms with E-state index in [0.717, 1.165) is 0 Å². The summed E-state index contributed by atoms with van der Waals surface area (Å²) >= 11 is 6.08. The van der Waals surface area contributed by atoms with Gasteiger partial charge in [0.1, 0.15) is 6.33 Å². The molecule has 3 rings (SSSR count). The molecule has 0 saturated heterocycles. The standard InChI is InChI=1S/C15H13ClN6O2/c1-2-24-13-8-7-10(16)14(19-13)15(23)18-11-5-3-4-6-12(11)22-9-17-20-21-22/h3-9H,2H2,1H3,(H,18,23). The number of carbonyl (C=O) groups is 1. The molecule has 0 unspecified atom stereocenters. The Morgan fingerprint density at radius 3 is 2.88 bits per heavy atom. The number of nitrogens with one attached hydrogen (secondary N) is 1. The Labute approximate surface area is 142 Å². The molecule has 0 spiro atoms. The summed E-state index contributed by atoms with van der Waals surface area (Å²) in [7, 11) is 0. The number of pyridine rings is 1. The number of halogens is 1. The largest absolute Gasteiger partial charge is 0.478 e. The number of nitrogens with zero attached hydrogens (tertiary/aromatic N) is 5. The van der Waals surface area contributed by atoms with Crippen LogP contribution in [0.1, 0.15) is 17.4 Å². The van der Waals surface area contributed by atoms with Crippen LogP contribution in [-0.4, -0.2) is 37.7 Å². The highest BCUT2D eigenvalue weighted by Gasteiger charge is 2.16. The number of hydrogen-bond acceptors (Lipinski definition) is 6. The summed E-state index contributed by atoms with van der Waals surface area (Å²) in [5.41, 5.74) is 1.22. The van der Waals surface area contributed by atoms with Crippen LogP contribution in [0.4, 0.5) is 5.69 Å². The van der Waals surface area contributed by atoms with Crippen molar-refractivity contribution in [1.82, 2.24) is 25.2 Å². The Bertz CT molecular complexity index is 853. The van der Waals surface area contributed by atoms with Crippen molar-refractivity contribution in [2.24, 2.45) is 0 Å². The second-order valence-electron chi connectivity index (χ2n) is 4.64. The van der Waals surface area contributed by atoms with Crippen molar-refractivity contribution in [2.45, 2.75) is 6.92 Å². The van der Waals surface area contributed by atoms with Crippen LogP contribution in [0.25, 0.3) is 5.69 Å². The minimum atomic E-state index is -0.456. The number of rotatable bonds is 5. The lowest BCUT2D eigenvalue weighted by Gasteiger charge is -2.11. The minimum Gasteiger partial charge on any atom is -0.478 e. The fourth-order valence-corrected chi connectivity index (χ4v) is 2.24. The first kappa shape index (κ1) is 15.9. The smallest absolute Gasteiger partial charge is 0.276 e. The molecule has 24 heavy (non-hydrogen) atoms. The van der Waals surface area contributed by atoms with Gasteiger partial charge in [0.05, 0.1) is 23.0 Å². The number of tetrazole rings is 1. The van der Waals surface area contributed by atoms with Crippen molar-refractivity contribution in [3.8, 4) is 11.6 Å². The van der Waals surface area contributed by atoms with Gasteiger partial charge in [-0.2, -0.15) is 4.68 Å². The molecule has 1 amide bonds. The van der Waals surface area contributed by atoms with E-state index in [2.05, 4.69) is 25.8 Å². The van der Waals surface area contributed by atoms with Gasteiger partial charge in [-0.05, 0) is 35.5 Å². The zero-order chi connectivity index (χ0) is 16.9. The number of hydrogen-bond donors (Lipinski definition) is 1. The topological polar surface area (TPSA) is 94.8 Å². The lowest BCUT2D eigenvalue weighted by molar-refractivity contribution is 0.102. The second kappa shape index (κ2) is 7.05. The molecule has 0 atom stereocenters. The van der Waals surface area contributed by atoms with Crippen molar-refractivity contribution in [3.63, 3.8) is 0 Å². The lowest BCUT2D eigenvalue weighted by atomic mass is 10.2. The van der Waals surface area contributed by atoms with E-state index < -0.39 is 5.91 Å². The maximum atomic E-state index is 12.5. The van der Waals surface area contributed by atoms with Crippen molar-refractivity contribution in [3.05, 3.63) is 53.4 Å². The second-order valence-corrected chi connectivity index (χ2v) is 5.05. The van der Waals surface area contributed by atoms with E-state index in [0.29, 0.717) is 23.9 Å². The van der Waals surface area contributed by atoms with Crippen LogP contribution in [0, 0.1) is 0 Å². The molecule has 0 aliphatic carbocycles. The molecule has 1 aromatic carbocycles. The van der Waals surface area contributed by atoms with Gasteiger partial charge in [0.15, 0.2) is 5.69 Å². The molecule has 2 aromatic heterocycles. The predicted molar refractivity (Wildman–Crippen MR) is 87.5 cm³/mol. The first-order valence-corrected chi connectivity index (χ1v) is 7.50. The maximum absolute atomic E-state index is 12.5. The number of carbonyl (C=O) groups excluding carboxylic acids is 1. The molecular weight excluding hydrogens is 332 g/mol. The van der Waals surface area contributed by atoms with Gasteiger partial charge in [0, 0.05) is 6.07 Å². The number of aromatic nitrogens is 5. The molecule has 0 fully saturated rings. The normalized spacial score (nSPS) is 10.4. The molecule has 0 aliphatic rings. The number of amides is 1. The number of ether oxygens (including phenoxy) is 1. The zero-order valence-corrected chi connectivity index (χ0v) is 13.4. The molecule has 3 aromatic rings. The van der Waals surface area contributed by atoms with Gasteiger partial charge in [-0.1, -0.05) is 23.7 Å². The summed E-state index contributed by atoms with van der Waals surface area (Å²) in [6.07, 6.45) is 1.44. The monoisotopic (exact) mass is 344 g/mol. The molecule has 8 nitrogen and oxygen atoms in total. The predicted octanol–water partition coefficient (Wildman–Crippen LogP) is 2.36. The molecule has 0 saturated carbocycles. The van der Waals surface area contributed by atoms with Crippen LogP contribution in [0.15, 0.2) is 42.7 Å². The summed E-state index contributed by atoms with van der Waals surface area (Å²) < 4.78 is 6.75. The number of anilines is 1. The molecule has 2 heterocycles. The third-order valence-corrected chi connectivity index (χ3v) is 3.38. The SMILES string of the molecule is CCOc1ccc(Cl)c(C(=O)Nc2ccccc2-n2cnnn2)n1. The molecule has 0 radical (unpaired) electrons. The highest BCUT2D eigenvalue weighted by molar-refractivity contribution is 6.34. The third-order valence-electron chi connectivity index (χ3n) is 3.08. The average molecular weight is 345 g/mol. The first-order valence-electron chi connectivity index (χ1n) is 7.12. The highest BCUT2D eigenvalue weighted by Crippen LogP contribution is 2.22. The first-order chi connectivity index (χ1) is 11.7. The lowest BCUT2D eigenvalue weighted by Crippen LogP contribution is -2.16. The van der Waals surface area contributed by atoms with Gasteiger partial charge < -0.3 is 10.1 Å². The van der Waals surface area contributed by atoms with Crippen molar-refractivity contribution >= 4 is 23.2 Å². The van der Waals surface area contributed by atoms with Gasteiger partial charge in [0.2, 0.25) is 5.88 Å². The Balaban J connectivity index is 1.90. The fourth-order valence-electron chi connectivity index (χ4n) is 2.04. The van der Waals surface area contributed by atoms with Crippen LogP contribution < -0.4 is 10.1 Å². The van der Waals surface area contributed by atoms with E-state index in [9.17, 15) is 4.79 Å². The van der Waals surface area contributed by atoms with Crippen LogP contribution in [0.3, 0.4) is 0 Å². The average Bonchev–Trinajstić information content (AvgIpc) is 3.11. The maximum Gasteiger partial charge on any atom is 0.276 e. The van der Waals surface area contributed by atoms with Gasteiger partial charge in [0.25, 0.3) is 5.91 Å². The van der Waals surface area contributed by atoms with Gasteiger partial charge in [-0.15, -0.1) is 5.10 Å². The van der Waals surface area contributed by atoms with Crippen LogP contribution in [0.5, 0.6) is 5.88 Å². The Kier molecular flexibility index (Phi) is 4.66. The Hall–Kier alpha value is -3.00. The van der Waals surface area contributed by atoms with Gasteiger partial charge in [-0.3, -0.25) is 4.79 Å². The van der Waals surface area contributed by atoms with E-state index in [-0.39, 0.29) is 10.7 Å². The van der Waals surface area contributed by atoms with Crippen molar-refractivity contribution < 1.29 is 9.53 Å². The van der Waals surface area contributed by atoms with Crippen molar-refractivity contribution in [2.75, 3.05) is 11.9 Å². The van der Waals surface area contributed by atoms with Gasteiger partial charge >= 0.3 is 0 Å². The summed E-state index contributed by atoms with van der Waals surface area (Å²) in [5, 5.41) is 14.0. The highest BCUT2D eigenvalue weighted by atomic mass is 35.5. The van der Waals surface area contributed by atoms with E-state index in [1.807, 2.05) is 13.0 Å². The van der Waals surface area contributed by atoms with Gasteiger partial charge in [-0.25, -0.2) is 4.98 Å². The van der Waals surface area contributed by atoms with Crippen LogP contribution in [-0.2, 0) is 0 Å². The molecule has 0 aliphatic heterocycles. The Morgan fingerprint density at radius 2 is 2.12 bits per heavy atom. The Morgan fingerprint density at radius 1 is 1.29 bits per heavy atom. The number of benzene rings is 1. The summed E-state index contributed by atoms with van der Waals surface area (Å²) in [5.74, 6) is -0.122. The van der Waals surface area contributed by atoms with E-state index in [1.54, 1.807) is 30.3 Å². The van der Waals surface area contributed by atoms with Crippen LogP contribution >= 0.6 is 11.6 Å². The van der Waals surface area contributed by atoms with Crippen molar-refractivity contribution in [1.29, 1.82) is 0 Å². The summed E-state index contributed by atoms with van der Waals surface area (Å²) in [6, 6.07) is 10.3. The minimum absolute atomic E-state index is 0.0779. The summed E-state index contributed by atoms with van der Waals surface area (Å²) in [6.45, 7) is 2.27.